The Hall–Kier alpha value is -1.51. The molecule has 1 N–H and O–H groups in total. The van der Waals surface area contributed by atoms with Gasteiger partial charge in [-0.2, -0.15) is 0 Å². The fourth-order valence-electron chi connectivity index (χ4n) is 7.75. The van der Waals surface area contributed by atoms with E-state index in [0.29, 0.717) is 23.9 Å². The molecule has 0 bridgehead atoms. The van der Waals surface area contributed by atoms with Gasteiger partial charge in [-0.25, -0.2) is 4.57 Å². The number of likely N-dealkylation sites (N-methyl/N-ethyl adjacent to an activating group) is 1. The quantitative estimate of drug-likeness (QED) is 0.0211. The highest BCUT2D eigenvalue weighted by Gasteiger charge is 2.27. The highest BCUT2D eigenvalue weighted by molar-refractivity contribution is 7.47. The minimum Gasteiger partial charge on any atom is -0.462 e. The van der Waals surface area contributed by atoms with E-state index >= 15 is 0 Å². The standard InChI is InChI=1S/C54H104NO8P/c1-6-8-10-12-14-16-18-20-22-24-26-27-29-30-32-34-36-38-40-42-44-46-53(56)60-50-52(51-62-64(58,59)61-49-48-55(3,4)5)63-54(57)47-45-43-41-39-37-35-33-31-28-25-23-21-19-17-15-13-11-9-7-2/h15,17,21,23,52H,6-14,16,18-20,22,24-51H2,1-5H3/p+1/b17-15+,23-21+/t52-/m1/s1. The van der Waals surface area contributed by atoms with E-state index in [1.807, 2.05) is 21.1 Å². The van der Waals surface area contributed by atoms with Crippen molar-refractivity contribution in [2.75, 3.05) is 47.5 Å². The van der Waals surface area contributed by atoms with E-state index in [1.165, 1.54) is 180 Å². The number of nitrogens with zero attached hydrogens (tertiary/aromatic N) is 1. The van der Waals surface area contributed by atoms with Crippen LogP contribution in [0.25, 0.3) is 0 Å². The molecule has 0 fully saturated rings. The predicted octanol–water partition coefficient (Wildman–Crippen LogP) is 16.3. The summed E-state index contributed by atoms with van der Waals surface area (Å²) >= 11 is 0. The predicted molar refractivity (Wildman–Crippen MR) is 271 cm³/mol. The second-order valence-corrected chi connectivity index (χ2v) is 21.1. The Morgan fingerprint density at radius 1 is 0.484 bits per heavy atom. The van der Waals surface area contributed by atoms with Crippen LogP contribution in [0.1, 0.15) is 258 Å². The maximum Gasteiger partial charge on any atom is 0.472 e. The zero-order valence-electron chi connectivity index (χ0n) is 42.8. The number of unbranched alkanes of at least 4 members (excludes halogenated alkanes) is 32. The Bertz CT molecular complexity index is 1140. The average molecular weight is 927 g/mol. The van der Waals surface area contributed by atoms with Crippen LogP contribution in [-0.2, 0) is 32.7 Å². The fraction of sp³-hybridized carbons (Fsp3) is 0.889. The number of carbonyl (C=O) groups is 2. The molecule has 10 heteroatoms. The molecule has 0 aliphatic heterocycles. The number of carbonyl (C=O) groups excluding carboxylic acids is 2. The highest BCUT2D eigenvalue weighted by atomic mass is 31.2. The van der Waals surface area contributed by atoms with Crippen LogP contribution >= 0.6 is 7.82 Å². The van der Waals surface area contributed by atoms with Gasteiger partial charge in [-0.3, -0.25) is 18.6 Å². The van der Waals surface area contributed by atoms with Crippen molar-refractivity contribution in [3.63, 3.8) is 0 Å². The van der Waals surface area contributed by atoms with Crippen LogP contribution in [0.5, 0.6) is 0 Å². The van der Waals surface area contributed by atoms with Crippen molar-refractivity contribution in [1.29, 1.82) is 0 Å². The lowest BCUT2D eigenvalue weighted by Crippen LogP contribution is -2.37. The second kappa shape index (κ2) is 46.6. The molecule has 2 atom stereocenters. The molecular formula is C54H105NO8P+. The number of rotatable bonds is 50. The normalized spacial score (nSPS) is 13.5. The van der Waals surface area contributed by atoms with Crippen molar-refractivity contribution < 1.29 is 42.1 Å². The largest absolute Gasteiger partial charge is 0.472 e. The summed E-state index contributed by atoms with van der Waals surface area (Å²) in [5.41, 5.74) is 0. The van der Waals surface area contributed by atoms with E-state index in [2.05, 4.69) is 38.2 Å². The number of allylic oxidation sites excluding steroid dienone is 4. The Morgan fingerprint density at radius 3 is 1.27 bits per heavy atom. The Labute approximate surface area is 396 Å². The summed E-state index contributed by atoms with van der Waals surface area (Å²) in [6, 6.07) is 0. The molecule has 0 amide bonds. The number of quaternary nitrogens is 1. The third-order valence-corrected chi connectivity index (χ3v) is 13.0. The Morgan fingerprint density at radius 2 is 0.844 bits per heavy atom. The van der Waals surface area contributed by atoms with Crippen LogP contribution in [0.4, 0.5) is 0 Å². The summed E-state index contributed by atoms with van der Waals surface area (Å²) in [4.78, 5) is 35.6. The van der Waals surface area contributed by atoms with Gasteiger partial charge < -0.3 is 18.9 Å². The number of ether oxygens (including phenoxy) is 2. The first kappa shape index (κ1) is 62.5. The topological polar surface area (TPSA) is 108 Å². The summed E-state index contributed by atoms with van der Waals surface area (Å²) < 4.78 is 34.5. The summed E-state index contributed by atoms with van der Waals surface area (Å²) in [6.45, 7) is 4.45. The molecule has 0 aromatic carbocycles. The first-order valence-corrected chi connectivity index (χ1v) is 28.6. The van der Waals surface area contributed by atoms with E-state index < -0.39 is 26.5 Å². The van der Waals surface area contributed by atoms with E-state index in [1.54, 1.807) is 0 Å². The van der Waals surface area contributed by atoms with Gasteiger partial charge in [0.05, 0.1) is 27.7 Å². The molecule has 1 unspecified atom stereocenters. The monoisotopic (exact) mass is 927 g/mol. The van der Waals surface area contributed by atoms with Crippen LogP contribution in [0.2, 0.25) is 0 Å². The van der Waals surface area contributed by atoms with Gasteiger partial charge in [-0.15, -0.1) is 0 Å². The molecular weight excluding hydrogens is 822 g/mol. The van der Waals surface area contributed by atoms with Gasteiger partial charge in [0.1, 0.15) is 19.8 Å². The number of phosphoric ester groups is 1. The van der Waals surface area contributed by atoms with Crippen molar-refractivity contribution in [3.05, 3.63) is 24.3 Å². The molecule has 64 heavy (non-hydrogen) atoms. The molecule has 0 saturated carbocycles. The summed E-state index contributed by atoms with van der Waals surface area (Å²) in [7, 11) is 1.49. The summed E-state index contributed by atoms with van der Waals surface area (Å²) in [5.74, 6) is -0.789. The van der Waals surface area contributed by atoms with Crippen LogP contribution in [0.15, 0.2) is 24.3 Å². The summed E-state index contributed by atoms with van der Waals surface area (Å²) in [6.07, 6.45) is 53.7. The highest BCUT2D eigenvalue weighted by Crippen LogP contribution is 2.43. The van der Waals surface area contributed by atoms with Gasteiger partial charge in [-0.05, 0) is 44.9 Å². The second-order valence-electron chi connectivity index (χ2n) is 19.6. The number of hydrogen-bond donors (Lipinski definition) is 1. The first-order valence-electron chi connectivity index (χ1n) is 27.1. The minimum absolute atomic E-state index is 0.0331. The zero-order chi connectivity index (χ0) is 47.1. The van der Waals surface area contributed by atoms with Crippen molar-refractivity contribution in [1.82, 2.24) is 0 Å². The van der Waals surface area contributed by atoms with Crippen molar-refractivity contribution in [3.8, 4) is 0 Å². The van der Waals surface area contributed by atoms with E-state index in [-0.39, 0.29) is 25.6 Å². The molecule has 0 aromatic heterocycles. The third-order valence-electron chi connectivity index (χ3n) is 12.0. The average Bonchev–Trinajstić information content (AvgIpc) is 3.25. The molecule has 0 radical (unpaired) electrons. The Kier molecular flexibility index (Phi) is 45.5. The fourth-order valence-corrected chi connectivity index (χ4v) is 8.49. The molecule has 0 saturated heterocycles. The van der Waals surface area contributed by atoms with Crippen LogP contribution in [0, 0.1) is 0 Å². The molecule has 378 valence electrons. The maximum atomic E-state index is 12.8. The van der Waals surface area contributed by atoms with Crippen LogP contribution < -0.4 is 0 Å². The van der Waals surface area contributed by atoms with Crippen LogP contribution in [0.3, 0.4) is 0 Å². The SMILES string of the molecule is CCCCC/C=C/C/C=C/CCCCCCCCCCCC(=O)O[C@H](COC(=O)CCCCCCCCCCCCCCCCCCCCCCC)COP(=O)(O)OCC[N+](C)(C)C. The Balaban J connectivity index is 4.19. The molecule has 0 aliphatic rings. The van der Waals surface area contributed by atoms with Crippen molar-refractivity contribution in [2.45, 2.75) is 264 Å². The molecule has 0 rings (SSSR count). The minimum atomic E-state index is -4.38. The lowest BCUT2D eigenvalue weighted by Gasteiger charge is -2.24. The first-order chi connectivity index (χ1) is 31.0. The lowest BCUT2D eigenvalue weighted by atomic mass is 10.0. The van der Waals surface area contributed by atoms with Gasteiger partial charge in [0, 0.05) is 12.8 Å². The van der Waals surface area contributed by atoms with Gasteiger partial charge in [0.25, 0.3) is 0 Å². The molecule has 0 aliphatic carbocycles. The third kappa shape index (κ3) is 49.9. The maximum absolute atomic E-state index is 12.8. The summed E-state index contributed by atoms with van der Waals surface area (Å²) in [5, 5.41) is 0. The van der Waals surface area contributed by atoms with Crippen molar-refractivity contribution >= 4 is 19.8 Å². The smallest absolute Gasteiger partial charge is 0.462 e. The number of esters is 2. The molecule has 9 nitrogen and oxygen atoms in total. The number of phosphoric acid groups is 1. The van der Waals surface area contributed by atoms with Gasteiger partial charge in [0.15, 0.2) is 6.10 Å². The van der Waals surface area contributed by atoms with Gasteiger partial charge in [-0.1, -0.05) is 224 Å². The van der Waals surface area contributed by atoms with E-state index in [0.717, 1.165) is 44.9 Å². The molecule has 0 heterocycles. The van der Waals surface area contributed by atoms with E-state index in [4.69, 9.17) is 18.5 Å². The van der Waals surface area contributed by atoms with E-state index in [9.17, 15) is 19.0 Å². The zero-order valence-corrected chi connectivity index (χ0v) is 43.7. The van der Waals surface area contributed by atoms with Crippen LogP contribution in [-0.4, -0.2) is 74.9 Å². The van der Waals surface area contributed by atoms with Gasteiger partial charge >= 0.3 is 19.8 Å². The lowest BCUT2D eigenvalue weighted by molar-refractivity contribution is -0.870. The molecule has 0 aromatic rings. The number of hydrogen-bond acceptors (Lipinski definition) is 7. The molecule has 0 spiro atoms. The van der Waals surface area contributed by atoms with Gasteiger partial charge in [0.2, 0.25) is 0 Å². The van der Waals surface area contributed by atoms with Crippen molar-refractivity contribution in [2.24, 2.45) is 0 Å².